The predicted molar refractivity (Wildman–Crippen MR) is 74.8 cm³/mol. The van der Waals surface area contributed by atoms with Crippen LogP contribution in [-0.2, 0) is 0 Å². The number of piperazine rings is 1. The van der Waals surface area contributed by atoms with Gasteiger partial charge >= 0.3 is 0 Å². The van der Waals surface area contributed by atoms with Crippen LogP contribution >= 0.6 is 0 Å². The summed E-state index contributed by atoms with van der Waals surface area (Å²) >= 11 is 0. The van der Waals surface area contributed by atoms with Crippen LogP contribution in [0.5, 0.6) is 0 Å². The molecule has 1 heterocycles. The Morgan fingerprint density at radius 1 is 1.22 bits per heavy atom. The molecule has 0 radical (unpaired) electrons. The summed E-state index contributed by atoms with van der Waals surface area (Å²) in [6, 6.07) is 6.25. The fourth-order valence-electron chi connectivity index (χ4n) is 2.38. The Kier molecular flexibility index (Phi) is 4.75. The van der Waals surface area contributed by atoms with Crippen LogP contribution < -0.4 is 5.32 Å². The summed E-state index contributed by atoms with van der Waals surface area (Å²) < 4.78 is 0. The Bertz CT molecular complexity index is 386. The SMILES string of the molecule is Cc1ccc(C(O)CCN2CCNCC2)cc1C. The molecule has 1 atom stereocenters. The summed E-state index contributed by atoms with van der Waals surface area (Å²) in [6.45, 7) is 9.52. The van der Waals surface area contributed by atoms with E-state index in [9.17, 15) is 5.11 Å². The van der Waals surface area contributed by atoms with Gasteiger partial charge in [-0.2, -0.15) is 0 Å². The van der Waals surface area contributed by atoms with E-state index in [0.717, 1.165) is 44.7 Å². The molecule has 18 heavy (non-hydrogen) atoms. The number of aliphatic hydroxyl groups is 1. The zero-order valence-corrected chi connectivity index (χ0v) is 11.4. The molecule has 0 spiro atoms. The summed E-state index contributed by atoms with van der Waals surface area (Å²) in [4.78, 5) is 2.42. The summed E-state index contributed by atoms with van der Waals surface area (Å²) in [7, 11) is 0. The molecule has 1 aromatic carbocycles. The Labute approximate surface area is 110 Å². The molecular formula is C15H24N2O. The zero-order valence-electron chi connectivity index (χ0n) is 11.4. The van der Waals surface area contributed by atoms with Gasteiger partial charge in [0.1, 0.15) is 0 Å². The summed E-state index contributed by atoms with van der Waals surface area (Å²) in [5, 5.41) is 13.6. The monoisotopic (exact) mass is 248 g/mol. The molecule has 0 aliphatic carbocycles. The van der Waals surface area contributed by atoms with Crippen LogP contribution in [0.25, 0.3) is 0 Å². The van der Waals surface area contributed by atoms with Crippen LogP contribution in [0.1, 0.15) is 29.2 Å². The second kappa shape index (κ2) is 6.32. The first kappa shape index (κ1) is 13.5. The van der Waals surface area contributed by atoms with E-state index in [0.29, 0.717) is 0 Å². The van der Waals surface area contributed by atoms with Gasteiger partial charge in [-0.25, -0.2) is 0 Å². The van der Waals surface area contributed by atoms with Crippen LogP contribution in [-0.4, -0.2) is 42.7 Å². The Hall–Kier alpha value is -0.900. The molecule has 0 bridgehead atoms. The molecule has 1 aliphatic rings. The van der Waals surface area contributed by atoms with Crippen LogP contribution in [0.2, 0.25) is 0 Å². The van der Waals surface area contributed by atoms with E-state index in [4.69, 9.17) is 0 Å². The number of nitrogens with one attached hydrogen (secondary N) is 1. The van der Waals surface area contributed by atoms with Crippen LogP contribution in [0.3, 0.4) is 0 Å². The van der Waals surface area contributed by atoms with Gasteiger partial charge in [-0.1, -0.05) is 18.2 Å². The van der Waals surface area contributed by atoms with E-state index >= 15 is 0 Å². The summed E-state index contributed by atoms with van der Waals surface area (Å²) in [5.41, 5.74) is 3.59. The zero-order chi connectivity index (χ0) is 13.0. The van der Waals surface area contributed by atoms with Gasteiger partial charge in [0, 0.05) is 32.7 Å². The van der Waals surface area contributed by atoms with Crippen molar-refractivity contribution < 1.29 is 5.11 Å². The molecule has 3 nitrogen and oxygen atoms in total. The van der Waals surface area contributed by atoms with Crippen molar-refractivity contribution in [2.24, 2.45) is 0 Å². The number of aryl methyl sites for hydroxylation is 2. The number of hydrogen-bond acceptors (Lipinski definition) is 3. The van der Waals surface area contributed by atoms with Gasteiger partial charge in [-0.15, -0.1) is 0 Å². The van der Waals surface area contributed by atoms with E-state index < -0.39 is 0 Å². The highest BCUT2D eigenvalue weighted by Gasteiger charge is 2.13. The number of aliphatic hydroxyl groups excluding tert-OH is 1. The highest BCUT2D eigenvalue weighted by Crippen LogP contribution is 2.20. The Morgan fingerprint density at radius 2 is 1.94 bits per heavy atom. The smallest absolute Gasteiger partial charge is 0.0802 e. The van der Waals surface area contributed by atoms with Crippen molar-refractivity contribution in [1.29, 1.82) is 0 Å². The van der Waals surface area contributed by atoms with Crippen molar-refractivity contribution in [1.82, 2.24) is 10.2 Å². The van der Waals surface area contributed by atoms with Gasteiger partial charge in [-0.3, -0.25) is 0 Å². The molecule has 1 fully saturated rings. The highest BCUT2D eigenvalue weighted by atomic mass is 16.3. The van der Waals surface area contributed by atoms with Crippen LogP contribution in [0.15, 0.2) is 18.2 Å². The lowest BCUT2D eigenvalue weighted by Gasteiger charge is -2.28. The number of nitrogens with zero attached hydrogens (tertiary/aromatic N) is 1. The van der Waals surface area contributed by atoms with E-state index in [1.807, 2.05) is 6.07 Å². The number of rotatable bonds is 4. The molecule has 2 N–H and O–H groups in total. The van der Waals surface area contributed by atoms with Crippen molar-refractivity contribution >= 4 is 0 Å². The van der Waals surface area contributed by atoms with Gasteiger partial charge < -0.3 is 15.3 Å². The lowest BCUT2D eigenvalue weighted by Crippen LogP contribution is -2.44. The molecular weight excluding hydrogens is 224 g/mol. The first-order valence-corrected chi connectivity index (χ1v) is 6.85. The Balaban J connectivity index is 1.86. The largest absolute Gasteiger partial charge is 0.388 e. The third-order valence-electron chi connectivity index (χ3n) is 3.84. The minimum absolute atomic E-state index is 0.334. The number of benzene rings is 1. The lowest BCUT2D eigenvalue weighted by molar-refractivity contribution is 0.136. The quantitative estimate of drug-likeness (QED) is 0.850. The van der Waals surface area contributed by atoms with E-state index in [1.54, 1.807) is 0 Å². The summed E-state index contributed by atoms with van der Waals surface area (Å²) in [6.07, 6.45) is 0.488. The first-order valence-electron chi connectivity index (χ1n) is 6.85. The average molecular weight is 248 g/mol. The normalized spacial score (nSPS) is 18.8. The van der Waals surface area contributed by atoms with Crippen molar-refractivity contribution in [3.05, 3.63) is 34.9 Å². The predicted octanol–water partition coefficient (Wildman–Crippen LogP) is 1.63. The van der Waals surface area contributed by atoms with Crippen LogP contribution in [0, 0.1) is 13.8 Å². The third kappa shape index (κ3) is 3.55. The number of hydrogen-bond donors (Lipinski definition) is 2. The maximum absolute atomic E-state index is 10.2. The molecule has 1 aliphatic heterocycles. The molecule has 2 rings (SSSR count). The fourth-order valence-corrected chi connectivity index (χ4v) is 2.38. The fraction of sp³-hybridized carbons (Fsp3) is 0.600. The van der Waals surface area contributed by atoms with Crippen molar-refractivity contribution in [2.75, 3.05) is 32.7 Å². The third-order valence-corrected chi connectivity index (χ3v) is 3.84. The van der Waals surface area contributed by atoms with Crippen molar-refractivity contribution in [3.8, 4) is 0 Å². The van der Waals surface area contributed by atoms with Crippen molar-refractivity contribution in [2.45, 2.75) is 26.4 Å². The van der Waals surface area contributed by atoms with Gasteiger partial charge in [0.05, 0.1) is 6.10 Å². The molecule has 1 unspecified atom stereocenters. The molecule has 0 aromatic heterocycles. The van der Waals surface area contributed by atoms with Gasteiger partial charge in [-0.05, 0) is 37.0 Å². The van der Waals surface area contributed by atoms with Crippen LogP contribution in [0.4, 0.5) is 0 Å². The van der Waals surface area contributed by atoms with E-state index in [1.165, 1.54) is 11.1 Å². The van der Waals surface area contributed by atoms with Gasteiger partial charge in [0.15, 0.2) is 0 Å². The average Bonchev–Trinajstić information content (AvgIpc) is 2.40. The molecule has 0 amide bonds. The first-order chi connectivity index (χ1) is 8.66. The minimum atomic E-state index is -0.334. The Morgan fingerprint density at radius 3 is 2.61 bits per heavy atom. The maximum Gasteiger partial charge on any atom is 0.0802 e. The molecule has 100 valence electrons. The van der Waals surface area contributed by atoms with Gasteiger partial charge in [0.2, 0.25) is 0 Å². The molecule has 1 saturated heterocycles. The molecule has 1 aromatic rings. The topological polar surface area (TPSA) is 35.5 Å². The molecule has 3 heteroatoms. The van der Waals surface area contributed by atoms with E-state index in [-0.39, 0.29) is 6.10 Å². The van der Waals surface area contributed by atoms with E-state index in [2.05, 4.69) is 36.2 Å². The molecule has 0 saturated carbocycles. The van der Waals surface area contributed by atoms with Gasteiger partial charge in [0.25, 0.3) is 0 Å². The second-order valence-electron chi connectivity index (χ2n) is 5.24. The maximum atomic E-state index is 10.2. The standard InChI is InChI=1S/C15H24N2O/c1-12-3-4-14(11-13(12)2)15(18)5-8-17-9-6-16-7-10-17/h3-4,11,15-16,18H,5-10H2,1-2H3. The highest BCUT2D eigenvalue weighted by molar-refractivity contribution is 5.31. The van der Waals surface area contributed by atoms with Crippen molar-refractivity contribution in [3.63, 3.8) is 0 Å². The lowest BCUT2D eigenvalue weighted by atomic mass is 10.0. The minimum Gasteiger partial charge on any atom is -0.388 e. The second-order valence-corrected chi connectivity index (χ2v) is 5.24. The summed E-state index contributed by atoms with van der Waals surface area (Å²) in [5.74, 6) is 0.